The van der Waals surface area contributed by atoms with E-state index in [1.54, 1.807) is 16.7 Å². The van der Waals surface area contributed by atoms with Crippen LogP contribution in [0, 0.1) is 5.92 Å². The smallest absolute Gasteiger partial charge is 0.312 e. The van der Waals surface area contributed by atoms with E-state index in [-0.39, 0.29) is 18.9 Å². The van der Waals surface area contributed by atoms with Gasteiger partial charge in [-0.15, -0.1) is 11.8 Å². The number of nitrogens with zero attached hydrogens (tertiary/aromatic N) is 1. The van der Waals surface area contributed by atoms with E-state index >= 15 is 0 Å². The molecule has 0 radical (unpaired) electrons. The summed E-state index contributed by atoms with van der Waals surface area (Å²) in [6.07, 6.45) is 1.04. The minimum Gasteiger partial charge on any atom is -0.452 e. The number of carbonyl (C=O) groups excluding carboxylic acids is 3. The first kappa shape index (κ1) is 16.4. The van der Waals surface area contributed by atoms with Gasteiger partial charge in [0.2, 0.25) is 5.91 Å². The summed E-state index contributed by atoms with van der Waals surface area (Å²) in [7, 11) is 0. The Morgan fingerprint density at radius 3 is 2.82 bits per heavy atom. The van der Waals surface area contributed by atoms with Crippen LogP contribution < -0.4 is 10.6 Å². The van der Waals surface area contributed by atoms with E-state index in [4.69, 9.17) is 10.5 Å². The number of nitrogens with two attached hydrogens (primary N) is 1. The Bertz CT molecular complexity index is 605. The Kier molecular flexibility index (Phi) is 5.07. The van der Waals surface area contributed by atoms with Gasteiger partial charge in [-0.1, -0.05) is 6.07 Å². The Morgan fingerprint density at radius 2 is 2.18 bits per heavy atom. The number of amides is 2. The number of thioether (sulfide) groups is 1. The number of hydrogen-bond donors (Lipinski definition) is 1. The molecule has 2 atom stereocenters. The zero-order valence-corrected chi connectivity index (χ0v) is 13.3. The molecule has 0 saturated carbocycles. The molecule has 0 spiro atoms. The Morgan fingerprint density at radius 1 is 1.45 bits per heavy atom. The lowest BCUT2D eigenvalue weighted by molar-refractivity contribution is -0.157. The Hall–Kier alpha value is -2.02. The van der Waals surface area contributed by atoms with Crippen molar-refractivity contribution in [2.45, 2.75) is 24.3 Å². The molecular formula is C15H18N2O4S. The highest BCUT2D eigenvalue weighted by Crippen LogP contribution is 2.28. The van der Waals surface area contributed by atoms with E-state index < -0.39 is 23.9 Å². The van der Waals surface area contributed by atoms with Gasteiger partial charge in [0, 0.05) is 23.5 Å². The van der Waals surface area contributed by atoms with E-state index in [2.05, 4.69) is 0 Å². The molecule has 1 aliphatic rings. The molecule has 0 aromatic heterocycles. The van der Waals surface area contributed by atoms with Crippen LogP contribution in [0.3, 0.4) is 0 Å². The van der Waals surface area contributed by atoms with Crippen molar-refractivity contribution in [3.8, 4) is 0 Å². The molecule has 1 saturated heterocycles. The largest absolute Gasteiger partial charge is 0.452 e. The van der Waals surface area contributed by atoms with E-state index in [0.717, 1.165) is 10.6 Å². The zero-order valence-electron chi connectivity index (χ0n) is 12.4. The first-order valence-electron chi connectivity index (χ1n) is 6.86. The molecule has 22 heavy (non-hydrogen) atoms. The van der Waals surface area contributed by atoms with Crippen molar-refractivity contribution in [3.63, 3.8) is 0 Å². The lowest BCUT2D eigenvalue weighted by atomic mass is 10.1. The molecule has 2 amide bonds. The topological polar surface area (TPSA) is 89.7 Å². The van der Waals surface area contributed by atoms with Gasteiger partial charge in [-0.2, -0.15) is 0 Å². The van der Waals surface area contributed by atoms with Gasteiger partial charge in [-0.05, 0) is 31.4 Å². The van der Waals surface area contributed by atoms with Crippen molar-refractivity contribution in [1.82, 2.24) is 0 Å². The maximum atomic E-state index is 12.1. The second kappa shape index (κ2) is 6.83. The lowest BCUT2D eigenvalue weighted by Crippen LogP contribution is -2.33. The van der Waals surface area contributed by atoms with Gasteiger partial charge in [0.1, 0.15) is 0 Å². The van der Waals surface area contributed by atoms with E-state index in [1.807, 2.05) is 30.5 Å². The second-order valence-electron chi connectivity index (χ2n) is 5.09. The van der Waals surface area contributed by atoms with Crippen molar-refractivity contribution < 1.29 is 19.1 Å². The third-order valence-electron chi connectivity index (χ3n) is 3.52. The van der Waals surface area contributed by atoms with Crippen LogP contribution in [-0.2, 0) is 19.1 Å². The predicted molar refractivity (Wildman–Crippen MR) is 83.4 cm³/mol. The summed E-state index contributed by atoms with van der Waals surface area (Å²) in [6.45, 7) is 1.66. The monoisotopic (exact) mass is 322 g/mol. The Balaban J connectivity index is 2.07. The van der Waals surface area contributed by atoms with Gasteiger partial charge >= 0.3 is 5.97 Å². The molecule has 1 aromatic rings. The number of benzene rings is 1. The SMILES string of the molecule is CSc1cccc(N2C[C@H](C(=O)O[C@H](C)C(N)=O)CC2=O)c1. The third kappa shape index (κ3) is 3.59. The number of primary amides is 1. The Labute approximate surface area is 133 Å². The van der Waals surface area contributed by atoms with E-state index in [1.165, 1.54) is 6.92 Å². The molecule has 0 bridgehead atoms. The minimum atomic E-state index is -0.989. The molecule has 6 nitrogen and oxygen atoms in total. The summed E-state index contributed by atoms with van der Waals surface area (Å²) in [6, 6.07) is 7.56. The first-order valence-corrected chi connectivity index (χ1v) is 8.09. The average molecular weight is 322 g/mol. The summed E-state index contributed by atoms with van der Waals surface area (Å²) < 4.78 is 4.98. The van der Waals surface area contributed by atoms with Crippen LogP contribution in [0.1, 0.15) is 13.3 Å². The summed E-state index contributed by atoms with van der Waals surface area (Å²) in [4.78, 5) is 37.7. The molecule has 118 valence electrons. The van der Waals surface area contributed by atoms with Gasteiger partial charge in [-0.3, -0.25) is 14.4 Å². The molecule has 1 heterocycles. The zero-order chi connectivity index (χ0) is 16.3. The predicted octanol–water partition coefficient (Wildman–Crippen LogP) is 1.18. The fraction of sp³-hybridized carbons (Fsp3) is 0.400. The molecule has 0 aliphatic carbocycles. The highest BCUT2D eigenvalue weighted by Gasteiger charge is 2.37. The second-order valence-corrected chi connectivity index (χ2v) is 5.97. The first-order chi connectivity index (χ1) is 10.4. The molecule has 7 heteroatoms. The quantitative estimate of drug-likeness (QED) is 0.649. The molecule has 1 aliphatic heterocycles. The number of esters is 1. The van der Waals surface area contributed by atoms with Crippen LogP contribution in [0.5, 0.6) is 0 Å². The average Bonchev–Trinajstić information content (AvgIpc) is 2.89. The van der Waals surface area contributed by atoms with Crippen molar-refractivity contribution in [2.75, 3.05) is 17.7 Å². The van der Waals surface area contributed by atoms with Crippen LogP contribution in [0.2, 0.25) is 0 Å². The van der Waals surface area contributed by atoms with Crippen LogP contribution in [0.15, 0.2) is 29.2 Å². The van der Waals surface area contributed by atoms with E-state index in [0.29, 0.717) is 0 Å². The summed E-state index contributed by atoms with van der Waals surface area (Å²) in [5.74, 6) is -1.98. The van der Waals surface area contributed by atoms with Crippen LogP contribution in [0.4, 0.5) is 5.69 Å². The molecule has 1 fully saturated rings. The lowest BCUT2D eigenvalue weighted by Gasteiger charge is -2.17. The van der Waals surface area contributed by atoms with Crippen molar-refractivity contribution >= 4 is 35.2 Å². The highest BCUT2D eigenvalue weighted by atomic mass is 32.2. The highest BCUT2D eigenvalue weighted by molar-refractivity contribution is 7.98. The normalized spacial score (nSPS) is 19.1. The minimum absolute atomic E-state index is 0.0772. The van der Waals surface area contributed by atoms with Crippen LogP contribution >= 0.6 is 11.8 Å². The standard InChI is InChI=1S/C15H18N2O4S/c1-9(14(16)19)21-15(20)10-6-13(18)17(8-10)11-4-3-5-12(7-11)22-2/h3-5,7,9-10H,6,8H2,1-2H3,(H2,16,19)/t9-,10-/m1/s1. The number of rotatable bonds is 5. The number of anilines is 1. The van der Waals surface area contributed by atoms with Gasteiger partial charge in [-0.25, -0.2) is 0 Å². The van der Waals surface area contributed by atoms with Gasteiger partial charge in [0.25, 0.3) is 5.91 Å². The van der Waals surface area contributed by atoms with Crippen LogP contribution in [-0.4, -0.2) is 36.7 Å². The number of hydrogen-bond acceptors (Lipinski definition) is 5. The van der Waals surface area contributed by atoms with Crippen LogP contribution in [0.25, 0.3) is 0 Å². The molecule has 1 aromatic carbocycles. The fourth-order valence-corrected chi connectivity index (χ4v) is 2.68. The molecule has 2 N–H and O–H groups in total. The summed E-state index contributed by atoms with van der Waals surface area (Å²) in [5, 5.41) is 0. The van der Waals surface area contributed by atoms with Gasteiger partial charge in [0.15, 0.2) is 6.10 Å². The molecule has 0 unspecified atom stereocenters. The van der Waals surface area contributed by atoms with Gasteiger partial charge < -0.3 is 15.4 Å². The summed E-state index contributed by atoms with van der Waals surface area (Å²) >= 11 is 1.58. The maximum Gasteiger partial charge on any atom is 0.312 e. The van der Waals surface area contributed by atoms with Gasteiger partial charge in [0.05, 0.1) is 5.92 Å². The van der Waals surface area contributed by atoms with E-state index in [9.17, 15) is 14.4 Å². The van der Waals surface area contributed by atoms with Crippen molar-refractivity contribution in [1.29, 1.82) is 0 Å². The number of carbonyl (C=O) groups is 3. The summed E-state index contributed by atoms with van der Waals surface area (Å²) in [5.41, 5.74) is 5.82. The fourth-order valence-electron chi connectivity index (χ4n) is 2.22. The van der Waals surface area contributed by atoms with Crippen molar-refractivity contribution in [3.05, 3.63) is 24.3 Å². The molecule has 2 rings (SSSR count). The maximum absolute atomic E-state index is 12.1. The third-order valence-corrected chi connectivity index (χ3v) is 4.24. The molecular weight excluding hydrogens is 304 g/mol. The number of ether oxygens (including phenoxy) is 1. The van der Waals surface area contributed by atoms with Crippen molar-refractivity contribution in [2.24, 2.45) is 11.7 Å².